The topological polar surface area (TPSA) is 80.2 Å². The summed E-state index contributed by atoms with van der Waals surface area (Å²) in [4.78, 5) is 19.3. The standard InChI is InChI=1S/C32H37BrN2O4/c1-31(2,3)18-19-34-30(37)32(22-25-12-7-8-13-27(25)33)28(23-10-5-4-6-11-23)39-29(35-32)24-14-16-26(17-15-24)38-21-9-20-36/h4-8,10-17,28,36H,9,18-22H2,1-3H3,(H,34,37)/t28-,32-/m1/s1. The first-order valence-corrected chi connectivity index (χ1v) is 14.2. The number of rotatable bonds is 11. The number of ether oxygens (including phenoxy) is 2. The maximum atomic E-state index is 14.2. The Labute approximate surface area is 239 Å². The minimum Gasteiger partial charge on any atom is -0.494 e. The second-order valence-electron chi connectivity index (χ2n) is 11.0. The lowest BCUT2D eigenvalue weighted by atomic mass is 9.81. The summed E-state index contributed by atoms with van der Waals surface area (Å²) in [6, 6.07) is 25.2. The second kappa shape index (κ2) is 12.8. The molecule has 0 aliphatic carbocycles. The minimum atomic E-state index is -1.21. The van der Waals surface area contributed by atoms with Gasteiger partial charge in [-0.05, 0) is 53.3 Å². The first-order chi connectivity index (χ1) is 18.7. The highest BCUT2D eigenvalue weighted by molar-refractivity contribution is 9.10. The van der Waals surface area contributed by atoms with Crippen LogP contribution in [0.3, 0.4) is 0 Å². The third-order valence-electron chi connectivity index (χ3n) is 6.71. The van der Waals surface area contributed by atoms with E-state index in [1.807, 2.05) is 78.9 Å². The summed E-state index contributed by atoms with van der Waals surface area (Å²) >= 11 is 3.68. The number of carbonyl (C=O) groups is 1. The van der Waals surface area contributed by atoms with Gasteiger partial charge >= 0.3 is 0 Å². The molecule has 0 fully saturated rings. The quantitative estimate of drug-likeness (QED) is 0.257. The van der Waals surface area contributed by atoms with Gasteiger partial charge < -0.3 is 19.9 Å². The first-order valence-electron chi connectivity index (χ1n) is 13.4. The molecule has 6 nitrogen and oxygen atoms in total. The number of aliphatic hydroxyl groups is 1. The zero-order valence-electron chi connectivity index (χ0n) is 22.8. The van der Waals surface area contributed by atoms with Crippen molar-refractivity contribution in [1.29, 1.82) is 0 Å². The maximum absolute atomic E-state index is 14.2. The van der Waals surface area contributed by atoms with Crippen molar-refractivity contribution < 1.29 is 19.4 Å². The Bertz CT molecular complexity index is 1270. The van der Waals surface area contributed by atoms with Gasteiger partial charge in [0.25, 0.3) is 5.91 Å². The zero-order chi connectivity index (χ0) is 27.9. The molecule has 206 valence electrons. The predicted octanol–water partition coefficient (Wildman–Crippen LogP) is 6.26. The van der Waals surface area contributed by atoms with Crippen LogP contribution in [0.2, 0.25) is 0 Å². The van der Waals surface area contributed by atoms with E-state index in [0.717, 1.165) is 27.6 Å². The van der Waals surface area contributed by atoms with Gasteiger partial charge in [0.1, 0.15) is 5.75 Å². The molecule has 0 bridgehead atoms. The highest BCUT2D eigenvalue weighted by Crippen LogP contribution is 2.43. The molecule has 0 saturated carbocycles. The molecule has 2 N–H and O–H groups in total. The molecule has 2 atom stereocenters. The minimum absolute atomic E-state index is 0.0844. The van der Waals surface area contributed by atoms with Gasteiger partial charge in [0.15, 0.2) is 11.6 Å². The van der Waals surface area contributed by atoms with Crippen molar-refractivity contribution in [3.05, 3.63) is 100 Å². The Morgan fingerprint density at radius 2 is 1.74 bits per heavy atom. The Balaban J connectivity index is 1.75. The number of hydrogen-bond acceptors (Lipinski definition) is 5. The molecule has 1 aliphatic heterocycles. The molecule has 1 heterocycles. The number of amides is 1. The molecule has 3 aromatic rings. The predicted molar refractivity (Wildman–Crippen MR) is 158 cm³/mol. The summed E-state index contributed by atoms with van der Waals surface area (Å²) in [6.07, 6.45) is 1.16. The van der Waals surface area contributed by atoms with E-state index < -0.39 is 11.6 Å². The van der Waals surface area contributed by atoms with Crippen LogP contribution >= 0.6 is 15.9 Å². The van der Waals surface area contributed by atoms with E-state index in [2.05, 4.69) is 42.0 Å². The average Bonchev–Trinajstić information content (AvgIpc) is 3.31. The van der Waals surface area contributed by atoms with Crippen molar-refractivity contribution in [1.82, 2.24) is 5.32 Å². The van der Waals surface area contributed by atoms with Crippen LogP contribution in [0.1, 0.15) is 56.4 Å². The lowest BCUT2D eigenvalue weighted by molar-refractivity contribution is -0.129. The number of benzene rings is 3. The molecule has 1 aliphatic rings. The normalized spacial score (nSPS) is 18.8. The zero-order valence-corrected chi connectivity index (χ0v) is 24.4. The first kappa shape index (κ1) is 28.8. The lowest BCUT2D eigenvalue weighted by Crippen LogP contribution is -2.50. The molecule has 7 heteroatoms. The van der Waals surface area contributed by atoms with Crippen molar-refractivity contribution in [2.24, 2.45) is 10.4 Å². The number of carbonyl (C=O) groups excluding carboxylic acids is 1. The fourth-order valence-electron chi connectivity index (χ4n) is 4.55. The Hall–Kier alpha value is -3.16. The molecule has 0 unspecified atom stereocenters. The molecule has 1 amide bonds. The number of nitrogens with one attached hydrogen (secondary N) is 1. The number of halogens is 1. The van der Waals surface area contributed by atoms with E-state index in [-0.39, 0.29) is 17.9 Å². The van der Waals surface area contributed by atoms with Crippen LogP contribution in [0.25, 0.3) is 0 Å². The van der Waals surface area contributed by atoms with E-state index in [9.17, 15) is 4.79 Å². The largest absolute Gasteiger partial charge is 0.494 e. The van der Waals surface area contributed by atoms with Crippen molar-refractivity contribution in [3.63, 3.8) is 0 Å². The molecular weight excluding hydrogens is 556 g/mol. The molecular formula is C32H37BrN2O4. The van der Waals surface area contributed by atoms with Crippen molar-refractivity contribution >= 4 is 27.7 Å². The van der Waals surface area contributed by atoms with Crippen LogP contribution in [0, 0.1) is 5.41 Å². The summed E-state index contributed by atoms with van der Waals surface area (Å²) < 4.78 is 13.2. The van der Waals surface area contributed by atoms with Crippen LogP contribution in [0.4, 0.5) is 0 Å². The van der Waals surface area contributed by atoms with Crippen LogP contribution in [0.5, 0.6) is 5.75 Å². The summed E-state index contributed by atoms with van der Waals surface area (Å²) in [5, 5.41) is 12.2. The van der Waals surface area contributed by atoms with Gasteiger partial charge in [0, 0.05) is 36.0 Å². The molecule has 0 radical (unpaired) electrons. The summed E-state index contributed by atoms with van der Waals surface area (Å²) in [5.74, 6) is 0.962. The fourth-order valence-corrected chi connectivity index (χ4v) is 4.97. The maximum Gasteiger partial charge on any atom is 0.252 e. The van der Waals surface area contributed by atoms with E-state index in [1.165, 1.54) is 0 Å². The van der Waals surface area contributed by atoms with Gasteiger partial charge in [0.05, 0.1) is 6.61 Å². The fraction of sp³-hybridized carbons (Fsp3) is 0.375. The Morgan fingerprint density at radius 3 is 2.41 bits per heavy atom. The van der Waals surface area contributed by atoms with E-state index >= 15 is 0 Å². The van der Waals surface area contributed by atoms with Gasteiger partial charge in [-0.1, -0.05) is 85.2 Å². The van der Waals surface area contributed by atoms with Gasteiger partial charge in [-0.15, -0.1) is 0 Å². The van der Waals surface area contributed by atoms with Crippen LogP contribution < -0.4 is 10.1 Å². The monoisotopic (exact) mass is 592 g/mol. The van der Waals surface area contributed by atoms with E-state index in [4.69, 9.17) is 19.6 Å². The van der Waals surface area contributed by atoms with Crippen molar-refractivity contribution in [2.75, 3.05) is 19.8 Å². The molecule has 0 aromatic heterocycles. The summed E-state index contributed by atoms with van der Waals surface area (Å²) in [7, 11) is 0. The smallest absolute Gasteiger partial charge is 0.252 e. The Kier molecular flexibility index (Phi) is 9.46. The average molecular weight is 594 g/mol. The van der Waals surface area contributed by atoms with E-state index in [1.54, 1.807) is 0 Å². The van der Waals surface area contributed by atoms with Crippen LogP contribution in [-0.4, -0.2) is 42.2 Å². The third kappa shape index (κ3) is 7.28. The second-order valence-corrected chi connectivity index (χ2v) is 11.9. The third-order valence-corrected chi connectivity index (χ3v) is 7.48. The van der Waals surface area contributed by atoms with Crippen molar-refractivity contribution in [3.8, 4) is 5.75 Å². The highest BCUT2D eigenvalue weighted by Gasteiger charge is 2.53. The lowest BCUT2D eigenvalue weighted by Gasteiger charge is -2.31. The molecule has 4 rings (SSSR count). The van der Waals surface area contributed by atoms with Gasteiger partial charge in [-0.2, -0.15) is 0 Å². The van der Waals surface area contributed by atoms with E-state index in [0.29, 0.717) is 37.6 Å². The molecule has 0 spiro atoms. The Morgan fingerprint density at radius 1 is 1.05 bits per heavy atom. The number of aliphatic imine (C=N–C) groups is 1. The molecule has 0 saturated heterocycles. The number of hydrogen-bond donors (Lipinski definition) is 2. The van der Waals surface area contributed by atoms with Crippen molar-refractivity contribution in [2.45, 2.75) is 51.7 Å². The summed E-state index contributed by atoms with van der Waals surface area (Å²) in [5.41, 5.74) is 1.50. The summed E-state index contributed by atoms with van der Waals surface area (Å²) in [6.45, 7) is 7.55. The number of aliphatic hydroxyl groups excluding tert-OH is 1. The molecule has 3 aromatic carbocycles. The highest BCUT2D eigenvalue weighted by atomic mass is 79.9. The van der Waals surface area contributed by atoms with Gasteiger partial charge in [0.2, 0.25) is 5.90 Å². The van der Waals surface area contributed by atoms with Gasteiger partial charge in [-0.3, -0.25) is 4.79 Å². The van der Waals surface area contributed by atoms with Crippen LogP contribution in [0.15, 0.2) is 88.3 Å². The molecule has 39 heavy (non-hydrogen) atoms. The number of nitrogens with zero attached hydrogens (tertiary/aromatic N) is 1. The van der Waals surface area contributed by atoms with Crippen LogP contribution in [-0.2, 0) is 16.0 Å². The SMILES string of the molecule is CC(C)(C)CCNC(=O)[C@]1(Cc2ccccc2Br)N=C(c2ccc(OCCCO)cc2)O[C@@H]1c1ccccc1. The van der Waals surface area contributed by atoms with Gasteiger partial charge in [-0.25, -0.2) is 4.99 Å².